The van der Waals surface area contributed by atoms with Crippen LogP contribution in [0.2, 0.25) is 0 Å². The van der Waals surface area contributed by atoms with Crippen LogP contribution in [0.25, 0.3) is 0 Å². The minimum atomic E-state index is -0.828. The number of rotatable bonds is 40. The monoisotopic (exact) mass is 818 g/mol. The van der Waals surface area contributed by atoms with E-state index in [4.69, 9.17) is 4.74 Å². The highest BCUT2D eigenvalue weighted by Gasteiger charge is 2.23. The Hall–Kier alpha value is -3.48. The largest absolute Gasteiger partial charge is 0.461 e. The van der Waals surface area contributed by atoms with Crippen molar-refractivity contribution in [2.75, 3.05) is 6.61 Å². The number of hydrogen-bond acceptors (Lipinski definition) is 5. The number of carbonyl (C=O) groups excluding carboxylic acids is 2. The van der Waals surface area contributed by atoms with E-state index in [9.17, 15) is 19.8 Å². The lowest BCUT2D eigenvalue weighted by molar-refractivity contribution is -0.150. The van der Waals surface area contributed by atoms with E-state index >= 15 is 0 Å². The predicted octanol–water partition coefficient (Wildman–Crippen LogP) is 13.9. The lowest BCUT2D eigenvalue weighted by Gasteiger charge is -2.24. The molecule has 0 aromatic rings. The van der Waals surface area contributed by atoms with Crippen molar-refractivity contribution in [3.8, 4) is 0 Å². The molecule has 0 radical (unpaired) electrons. The molecular formula is C53H87NO5. The second-order valence-corrected chi connectivity index (χ2v) is 15.6. The van der Waals surface area contributed by atoms with Gasteiger partial charge in [-0.3, -0.25) is 9.59 Å². The summed E-state index contributed by atoms with van der Waals surface area (Å²) in [6.45, 7) is 6.22. The van der Waals surface area contributed by atoms with Crippen LogP contribution in [0, 0.1) is 0 Å². The van der Waals surface area contributed by atoms with Crippen molar-refractivity contribution in [1.29, 1.82) is 0 Å². The average Bonchev–Trinajstić information content (AvgIpc) is 3.23. The molecule has 334 valence electrons. The Balaban J connectivity index is 4.75. The van der Waals surface area contributed by atoms with Crippen molar-refractivity contribution in [3.63, 3.8) is 0 Å². The zero-order valence-electron chi connectivity index (χ0n) is 37.8. The molecule has 0 aromatic carbocycles. The number of amides is 1. The van der Waals surface area contributed by atoms with Crippen LogP contribution in [0.15, 0.2) is 109 Å². The quantitative estimate of drug-likeness (QED) is 0.0248. The van der Waals surface area contributed by atoms with E-state index in [1.165, 1.54) is 70.6 Å². The number of nitrogens with one attached hydrogen (secondary N) is 1. The van der Waals surface area contributed by atoms with Gasteiger partial charge in [-0.05, 0) is 64.2 Å². The average molecular weight is 818 g/mol. The molecule has 0 fully saturated rings. The molecule has 0 saturated heterocycles. The summed E-state index contributed by atoms with van der Waals surface area (Å²) in [6.07, 6.45) is 61.7. The predicted molar refractivity (Wildman–Crippen MR) is 254 cm³/mol. The van der Waals surface area contributed by atoms with Crippen molar-refractivity contribution in [3.05, 3.63) is 109 Å². The maximum Gasteiger partial charge on any atom is 0.306 e. The summed E-state index contributed by atoms with van der Waals surface area (Å²) in [6, 6.07) is -0.751. The van der Waals surface area contributed by atoms with Crippen molar-refractivity contribution < 1.29 is 24.5 Å². The Bertz CT molecular complexity index is 1240. The van der Waals surface area contributed by atoms with Gasteiger partial charge in [0, 0.05) is 12.8 Å². The van der Waals surface area contributed by atoms with E-state index in [-0.39, 0.29) is 24.9 Å². The van der Waals surface area contributed by atoms with Gasteiger partial charge >= 0.3 is 5.97 Å². The first kappa shape index (κ1) is 55.5. The van der Waals surface area contributed by atoms with Crippen molar-refractivity contribution in [2.45, 2.75) is 206 Å². The number of unbranched alkanes of at least 4 members (excludes halogenated alkanes) is 15. The molecule has 0 saturated carbocycles. The minimum Gasteiger partial charge on any atom is -0.461 e. The smallest absolute Gasteiger partial charge is 0.306 e. The molecule has 6 nitrogen and oxygen atoms in total. The first-order valence-electron chi connectivity index (χ1n) is 23.7. The number of ether oxygens (including phenoxy) is 1. The Labute approximate surface area is 362 Å². The lowest BCUT2D eigenvalue weighted by Crippen LogP contribution is -2.46. The van der Waals surface area contributed by atoms with E-state index in [0.717, 1.165) is 70.6 Å². The van der Waals surface area contributed by atoms with E-state index < -0.39 is 18.2 Å². The number of hydrogen-bond donors (Lipinski definition) is 3. The maximum absolute atomic E-state index is 13.1. The summed E-state index contributed by atoms with van der Waals surface area (Å²) < 4.78 is 5.81. The van der Waals surface area contributed by atoms with Crippen LogP contribution in [0.5, 0.6) is 0 Å². The Morgan fingerprint density at radius 1 is 0.542 bits per heavy atom. The van der Waals surface area contributed by atoms with E-state index in [1.54, 1.807) is 0 Å². The van der Waals surface area contributed by atoms with Gasteiger partial charge in [0.15, 0.2) is 0 Å². The first-order valence-corrected chi connectivity index (χ1v) is 23.7. The van der Waals surface area contributed by atoms with Crippen LogP contribution >= 0.6 is 0 Å². The van der Waals surface area contributed by atoms with Crippen molar-refractivity contribution in [1.82, 2.24) is 5.32 Å². The molecule has 0 aliphatic carbocycles. The third kappa shape index (κ3) is 41.1. The van der Waals surface area contributed by atoms with Crippen LogP contribution in [-0.2, 0) is 14.3 Å². The van der Waals surface area contributed by atoms with E-state index in [2.05, 4.69) is 80.8 Å². The van der Waals surface area contributed by atoms with Gasteiger partial charge in [0.1, 0.15) is 6.10 Å². The minimum absolute atomic E-state index is 0.0384. The van der Waals surface area contributed by atoms with Gasteiger partial charge < -0.3 is 20.3 Å². The summed E-state index contributed by atoms with van der Waals surface area (Å²) in [5.41, 5.74) is 0. The van der Waals surface area contributed by atoms with Crippen LogP contribution in [0.1, 0.15) is 188 Å². The Morgan fingerprint density at radius 2 is 1.00 bits per heavy atom. The van der Waals surface area contributed by atoms with Crippen LogP contribution in [0.3, 0.4) is 0 Å². The van der Waals surface area contributed by atoms with E-state index in [0.29, 0.717) is 19.3 Å². The number of esters is 1. The number of carbonyl (C=O) groups is 2. The molecule has 1 amide bonds. The highest BCUT2D eigenvalue weighted by atomic mass is 16.5. The van der Waals surface area contributed by atoms with Crippen LogP contribution in [0.4, 0.5) is 0 Å². The van der Waals surface area contributed by atoms with Gasteiger partial charge in [-0.1, -0.05) is 214 Å². The molecule has 0 aromatic heterocycles. The molecule has 59 heavy (non-hydrogen) atoms. The molecule has 0 rings (SSSR count). The van der Waals surface area contributed by atoms with Gasteiger partial charge in [-0.25, -0.2) is 0 Å². The number of allylic oxidation sites excluding steroid dienone is 17. The topological polar surface area (TPSA) is 95.9 Å². The summed E-state index contributed by atoms with van der Waals surface area (Å²) in [5, 5.41) is 23.5. The fourth-order valence-corrected chi connectivity index (χ4v) is 6.37. The molecule has 0 aliphatic heterocycles. The maximum atomic E-state index is 13.1. The fourth-order valence-electron chi connectivity index (χ4n) is 6.37. The molecule has 3 N–H and O–H groups in total. The highest BCUT2D eigenvalue weighted by molar-refractivity contribution is 5.77. The molecule has 3 atom stereocenters. The summed E-state index contributed by atoms with van der Waals surface area (Å²) >= 11 is 0. The molecule has 0 heterocycles. The Kier molecular flexibility index (Phi) is 42.9. The molecule has 0 bridgehead atoms. The molecule has 6 heteroatoms. The zero-order valence-corrected chi connectivity index (χ0v) is 37.8. The van der Waals surface area contributed by atoms with E-state index in [1.807, 2.05) is 54.7 Å². The molecule has 0 spiro atoms. The third-order valence-electron chi connectivity index (χ3n) is 9.97. The highest BCUT2D eigenvalue weighted by Crippen LogP contribution is 2.15. The summed E-state index contributed by atoms with van der Waals surface area (Å²) in [7, 11) is 0. The summed E-state index contributed by atoms with van der Waals surface area (Å²) in [5.74, 6) is -0.658. The lowest BCUT2D eigenvalue weighted by atomic mass is 10.0. The van der Waals surface area contributed by atoms with Gasteiger partial charge in [-0.15, -0.1) is 0 Å². The second kappa shape index (κ2) is 45.6. The molecular weight excluding hydrogens is 731 g/mol. The third-order valence-corrected chi connectivity index (χ3v) is 9.97. The van der Waals surface area contributed by atoms with Gasteiger partial charge in [0.05, 0.1) is 25.2 Å². The van der Waals surface area contributed by atoms with Crippen molar-refractivity contribution >= 4 is 11.9 Å². The normalized spacial score (nSPS) is 14.3. The van der Waals surface area contributed by atoms with Gasteiger partial charge in [0.25, 0.3) is 0 Å². The standard InChI is InChI=1S/C53H87NO5/c1-4-7-10-13-16-19-22-23-24-25-26-27-28-29-31-34-37-40-43-46-53(58)59-49(44-41-38-35-32-30-20-17-14-11-8-5-2)47-52(57)54-50(48-55)51(56)45-42-39-36-33-21-18-15-12-9-6-3/h8,11,14,16-17,19-20,23-24,26-27,29-32,35,38,41,49-51,55-56H,4-7,9-10,12-13,15,18,21-22,25,28,33-34,36-37,39-40,42-48H2,1-3H3,(H,54,57)/b11-8+,17-14+,19-16-,24-23-,27-26-,30-20-,31-29-,35-32-,41-38+. The van der Waals surface area contributed by atoms with Gasteiger partial charge in [-0.2, -0.15) is 0 Å². The van der Waals surface area contributed by atoms with Crippen LogP contribution in [-0.4, -0.2) is 46.9 Å². The van der Waals surface area contributed by atoms with Crippen LogP contribution < -0.4 is 5.32 Å². The van der Waals surface area contributed by atoms with Crippen molar-refractivity contribution in [2.24, 2.45) is 0 Å². The van der Waals surface area contributed by atoms with Gasteiger partial charge in [0.2, 0.25) is 5.91 Å². The number of aliphatic hydroxyl groups excluding tert-OH is 2. The summed E-state index contributed by atoms with van der Waals surface area (Å²) in [4.78, 5) is 26.0. The SMILES string of the molecule is CC/C=C/C=C/C=C\C=C/C=C/CC(CC(=O)NC(CO)C(O)CCCCCCCCCCCC)OC(=O)CCCCC/C=C\C/C=C\C/C=C\C/C=C\CCCCC. The first-order chi connectivity index (χ1) is 29.0. The second-order valence-electron chi connectivity index (χ2n) is 15.6. The fraction of sp³-hybridized carbons (Fsp3) is 0.623. The molecule has 3 unspecified atom stereocenters. The zero-order chi connectivity index (χ0) is 43.1. The molecule has 0 aliphatic rings. The number of aliphatic hydroxyl groups is 2. The Morgan fingerprint density at radius 3 is 1.54 bits per heavy atom.